The van der Waals surface area contributed by atoms with Crippen LogP contribution in [0.5, 0.6) is 0 Å². The van der Waals surface area contributed by atoms with Crippen LogP contribution < -0.4 is 0 Å². The number of amides is 1. The molecule has 0 aliphatic carbocycles. The van der Waals surface area contributed by atoms with Gasteiger partial charge in [0.05, 0.1) is 5.92 Å². The minimum Gasteiger partial charge on any atom is -0.481 e. The van der Waals surface area contributed by atoms with E-state index in [2.05, 4.69) is 15.9 Å². The van der Waals surface area contributed by atoms with E-state index in [4.69, 9.17) is 9.52 Å². The monoisotopic (exact) mass is 329 g/mol. The quantitative estimate of drug-likeness (QED) is 0.905. The van der Waals surface area contributed by atoms with Gasteiger partial charge in [-0.05, 0) is 48.7 Å². The highest BCUT2D eigenvalue weighted by molar-refractivity contribution is 9.10. The molecule has 2 rings (SSSR count). The fourth-order valence-electron chi connectivity index (χ4n) is 2.38. The zero-order valence-electron chi connectivity index (χ0n) is 10.9. The fraction of sp³-hybridized carbons (Fsp3) is 0.538. The smallest absolute Gasteiger partial charge is 0.308 e. The minimum absolute atomic E-state index is 0.0337. The number of carbonyl (C=O) groups is 2. The molecular formula is C13H16BrNO4. The molecule has 2 atom stereocenters. The van der Waals surface area contributed by atoms with Gasteiger partial charge in [-0.25, -0.2) is 0 Å². The van der Waals surface area contributed by atoms with Crippen LogP contribution in [0.2, 0.25) is 0 Å². The van der Waals surface area contributed by atoms with Crippen LogP contribution >= 0.6 is 15.9 Å². The first-order valence-electron chi connectivity index (χ1n) is 6.20. The fourth-order valence-corrected chi connectivity index (χ4v) is 2.88. The summed E-state index contributed by atoms with van der Waals surface area (Å²) in [6.07, 6.45) is 1.31. The van der Waals surface area contributed by atoms with Gasteiger partial charge in [-0.2, -0.15) is 0 Å². The van der Waals surface area contributed by atoms with Crippen molar-refractivity contribution in [3.8, 4) is 0 Å². The number of likely N-dealkylation sites (tertiary alicyclic amines) is 1. The first-order chi connectivity index (χ1) is 8.90. The lowest BCUT2D eigenvalue weighted by molar-refractivity contribution is -0.143. The van der Waals surface area contributed by atoms with E-state index in [1.807, 2.05) is 6.92 Å². The number of hydrogen-bond donors (Lipinski definition) is 1. The maximum Gasteiger partial charge on any atom is 0.308 e. The second-order valence-electron chi connectivity index (χ2n) is 4.98. The van der Waals surface area contributed by atoms with Crippen LogP contribution in [0, 0.1) is 12.8 Å². The molecule has 1 N–H and O–H groups in total. The van der Waals surface area contributed by atoms with Crippen LogP contribution in [0.4, 0.5) is 0 Å². The molecule has 1 aromatic heterocycles. The Bertz CT molecular complexity index is 511. The van der Waals surface area contributed by atoms with Gasteiger partial charge in [0.25, 0.3) is 5.91 Å². The number of furan rings is 1. The van der Waals surface area contributed by atoms with Crippen LogP contribution in [0.15, 0.2) is 15.2 Å². The zero-order valence-corrected chi connectivity index (χ0v) is 12.4. The maximum atomic E-state index is 12.4. The van der Waals surface area contributed by atoms with E-state index in [9.17, 15) is 9.59 Å². The summed E-state index contributed by atoms with van der Waals surface area (Å²) in [4.78, 5) is 25.1. The topological polar surface area (TPSA) is 70.8 Å². The van der Waals surface area contributed by atoms with Crippen molar-refractivity contribution >= 4 is 27.8 Å². The Morgan fingerprint density at radius 1 is 1.47 bits per heavy atom. The summed E-state index contributed by atoms with van der Waals surface area (Å²) in [6.45, 7) is 3.97. The molecule has 0 radical (unpaired) electrons. The molecule has 1 saturated heterocycles. The van der Waals surface area contributed by atoms with Crippen LogP contribution in [-0.4, -0.2) is 34.5 Å². The molecule has 0 aromatic carbocycles. The third kappa shape index (κ3) is 2.83. The summed E-state index contributed by atoms with van der Waals surface area (Å²) >= 11 is 3.19. The highest BCUT2D eigenvalue weighted by atomic mass is 79.9. The van der Waals surface area contributed by atoms with Gasteiger partial charge in [-0.3, -0.25) is 9.59 Å². The first kappa shape index (κ1) is 14.1. The molecule has 1 aliphatic rings. The molecule has 104 valence electrons. The lowest BCUT2D eigenvalue weighted by Crippen LogP contribution is -2.47. The predicted molar refractivity (Wildman–Crippen MR) is 72.0 cm³/mol. The van der Waals surface area contributed by atoms with Crippen molar-refractivity contribution in [2.24, 2.45) is 5.92 Å². The molecule has 0 saturated carbocycles. The van der Waals surface area contributed by atoms with Gasteiger partial charge < -0.3 is 14.4 Å². The van der Waals surface area contributed by atoms with Crippen molar-refractivity contribution < 1.29 is 19.1 Å². The number of aryl methyl sites for hydroxylation is 1. The number of carboxylic acid groups (broad SMARTS) is 1. The molecule has 2 heterocycles. The Kier molecular flexibility index (Phi) is 3.99. The Hall–Kier alpha value is -1.30. The average molecular weight is 330 g/mol. The summed E-state index contributed by atoms with van der Waals surface area (Å²) in [5.41, 5.74) is 0.751. The first-order valence-corrected chi connectivity index (χ1v) is 6.99. The number of piperidine rings is 1. The van der Waals surface area contributed by atoms with Crippen LogP contribution in [0.25, 0.3) is 0 Å². The number of hydrogen-bond acceptors (Lipinski definition) is 3. The standard InChI is InChI=1S/C13H16BrNO4/c1-7-5-10(14)19-11(7)12(16)15-6-9(13(17)18)4-3-8(15)2/h5,8-9H,3-4,6H2,1-2H3,(H,17,18). The average Bonchev–Trinajstić information content (AvgIpc) is 2.68. The van der Waals surface area contributed by atoms with Crippen LogP contribution in [0.1, 0.15) is 35.9 Å². The van der Waals surface area contributed by atoms with Gasteiger partial charge in [-0.1, -0.05) is 0 Å². The SMILES string of the molecule is Cc1cc(Br)oc1C(=O)N1CC(C(=O)O)CCC1C. The van der Waals surface area contributed by atoms with Crippen molar-refractivity contribution in [3.05, 3.63) is 22.1 Å². The molecule has 19 heavy (non-hydrogen) atoms. The summed E-state index contributed by atoms with van der Waals surface area (Å²) in [5, 5.41) is 9.08. The summed E-state index contributed by atoms with van der Waals surface area (Å²) in [6, 6.07) is 1.77. The van der Waals surface area contributed by atoms with Crippen molar-refractivity contribution in [1.29, 1.82) is 0 Å². The normalized spacial score (nSPS) is 23.4. The number of rotatable bonds is 2. The Balaban J connectivity index is 2.21. The molecule has 1 aromatic rings. The molecule has 1 fully saturated rings. The van der Waals surface area contributed by atoms with E-state index < -0.39 is 11.9 Å². The van der Waals surface area contributed by atoms with E-state index in [0.717, 1.165) is 5.56 Å². The second kappa shape index (κ2) is 5.36. The minimum atomic E-state index is -0.845. The molecule has 6 heteroatoms. The van der Waals surface area contributed by atoms with Gasteiger partial charge in [0.15, 0.2) is 10.4 Å². The Morgan fingerprint density at radius 3 is 2.68 bits per heavy atom. The lowest BCUT2D eigenvalue weighted by atomic mass is 9.93. The molecular weight excluding hydrogens is 314 g/mol. The van der Waals surface area contributed by atoms with Crippen molar-refractivity contribution in [3.63, 3.8) is 0 Å². The van der Waals surface area contributed by atoms with Crippen molar-refractivity contribution in [2.45, 2.75) is 32.7 Å². The third-order valence-corrected chi connectivity index (χ3v) is 3.96. The molecule has 1 aliphatic heterocycles. The van der Waals surface area contributed by atoms with Gasteiger partial charge in [0.2, 0.25) is 0 Å². The highest BCUT2D eigenvalue weighted by Gasteiger charge is 2.34. The number of carboxylic acids is 1. The van der Waals surface area contributed by atoms with E-state index in [-0.39, 0.29) is 24.3 Å². The molecule has 2 unspecified atom stereocenters. The Labute approximate surface area is 119 Å². The Morgan fingerprint density at radius 2 is 2.16 bits per heavy atom. The van der Waals surface area contributed by atoms with Gasteiger partial charge >= 0.3 is 5.97 Å². The lowest BCUT2D eigenvalue weighted by Gasteiger charge is -2.36. The molecule has 1 amide bonds. The maximum absolute atomic E-state index is 12.4. The van der Waals surface area contributed by atoms with Gasteiger partial charge in [0, 0.05) is 18.2 Å². The molecule has 0 bridgehead atoms. The van der Waals surface area contributed by atoms with Gasteiger partial charge in [-0.15, -0.1) is 0 Å². The van der Waals surface area contributed by atoms with Crippen LogP contribution in [0.3, 0.4) is 0 Å². The molecule has 0 spiro atoms. The van der Waals surface area contributed by atoms with E-state index >= 15 is 0 Å². The van der Waals surface area contributed by atoms with E-state index in [0.29, 0.717) is 17.5 Å². The number of nitrogens with zero attached hydrogens (tertiary/aromatic N) is 1. The van der Waals surface area contributed by atoms with Crippen molar-refractivity contribution in [2.75, 3.05) is 6.54 Å². The predicted octanol–water partition coefficient (Wildman–Crippen LogP) is 2.68. The van der Waals surface area contributed by atoms with E-state index in [1.165, 1.54) is 0 Å². The highest BCUT2D eigenvalue weighted by Crippen LogP contribution is 2.27. The summed E-state index contributed by atoms with van der Waals surface area (Å²) in [7, 11) is 0. The second-order valence-corrected chi connectivity index (χ2v) is 5.76. The van der Waals surface area contributed by atoms with Crippen molar-refractivity contribution in [1.82, 2.24) is 4.90 Å². The number of halogens is 1. The number of carbonyl (C=O) groups excluding carboxylic acids is 1. The van der Waals surface area contributed by atoms with Gasteiger partial charge in [0.1, 0.15) is 0 Å². The summed E-state index contributed by atoms with van der Waals surface area (Å²) in [5.74, 6) is -1.28. The van der Waals surface area contributed by atoms with E-state index in [1.54, 1.807) is 17.9 Å². The van der Waals surface area contributed by atoms with Crippen LogP contribution in [-0.2, 0) is 4.79 Å². The zero-order chi connectivity index (χ0) is 14.2. The summed E-state index contributed by atoms with van der Waals surface area (Å²) < 4.78 is 5.86. The largest absolute Gasteiger partial charge is 0.481 e. The number of aliphatic carboxylic acids is 1. The molecule has 5 nitrogen and oxygen atoms in total. The third-order valence-electron chi connectivity index (χ3n) is 3.57.